The van der Waals surface area contributed by atoms with Crippen LogP contribution in [-0.4, -0.2) is 17.4 Å². The molecule has 0 fully saturated rings. The van der Waals surface area contributed by atoms with Crippen molar-refractivity contribution < 1.29 is 4.79 Å². The summed E-state index contributed by atoms with van der Waals surface area (Å²) >= 11 is 0. The topological polar surface area (TPSA) is 20.3 Å². The molecule has 0 spiro atoms. The van der Waals surface area contributed by atoms with Crippen LogP contribution in [0.4, 0.5) is 0 Å². The summed E-state index contributed by atoms with van der Waals surface area (Å²) in [6.07, 6.45) is 3.51. The van der Waals surface area contributed by atoms with Crippen LogP contribution in [0.2, 0.25) is 0 Å². The van der Waals surface area contributed by atoms with E-state index in [1.54, 1.807) is 0 Å². The van der Waals surface area contributed by atoms with E-state index >= 15 is 0 Å². The van der Waals surface area contributed by atoms with Gasteiger partial charge in [0.2, 0.25) is 0 Å². The second kappa shape index (κ2) is 4.69. The number of carbonyl (C=O) groups excluding carboxylic acids is 1. The summed E-state index contributed by atoms with van der Waals surface area (Å²) in [6, 6.07) is 8.21. The first-order valence-corrected chi connectivity index (χ1v) is 6.15. The highest BCUT2D eigenvalue weighted by atomic mass is 16.2. The van der Waals surface area contributed by atoms with Crippen molar-refractivity contribution >= 4 is 5.91 Å². The highest BCUT2D eigenvalue weighted by molar-refractivity contribution is 5.99. The maximum absolute atomic E-state index is 12.1. The van der Waals surface area contributed by atoms with E-state index in [2.05, 4.69) is 19.9 Å². The molecule has 0 N–H and O–H groups in total. The summed E-state index contributed by atoms with van der Waals surface area (Å²) in [6.45, 7) is 5.20. The molecule has 0 aliphatic carbocycles. The first kappa shape index (κ1) is 11.2. The number of fused-ring (bicyclic) bond motifs is 1. The van der Waals surface area contributed by atoms with Crippen molar-refractivity contribution in [1.29, 1.82) is 0 Å². The van der Waals surface area contributed by atoms with Crippen LogP contribution >= 0.6 is 0 Å². The van der Waals surface area contributed by atoms with Crippen molar-refractivity contribution in [2.75, 3.05) is 6.54 Å². The van der Waals surface area contributed by atoms with Crippen LogP contribution in [0.5, 0.6) is 0 Å². The van der Waals surface area contributed by atoms with Crippen molar-refractivity contribution in [3.05, 3.63) is 35.4 Å². The number of hydrogen-bond acceptors (Lipinski definition) is 1. The molecule has 16 heavy (non-hydrogen) atoms. The lowest BCUT2D eigenvalue weighted by atomic mass is 10.1. The molecule has 0 saturated heterocycles. The third-order valence-corrected chi connectivity index (χ3v) is 3.37. The van der Waals surface area contributed by atoms with Gasteiger partial charge < -0.3 is 4.90 Å². The normalized spacial score (nSPS) is 19.0. The minimum Gasteiger partial charge on any atom is -0.332 e. The Morgan fingerprint density at radius 3 is 2.69 bits per heavy atom. The molecule has 2 nitrogen and oxygen atoms in total. The minimum atomic E-state index is 0.208. The van der Waals surface area contributed by atoms with Crippen LogP contribution in [0.3, 0.4) is 0 Å². The Bertz CT molecular complexity index is 386. The van der Waals surface area contributed by atoms with Gasteiger partial charge in [0, 0.05) is 12.1 Å². The van der Waals surface area contributed by atoms with Crippen LogP contribution in [0, 0.1) is 0 Å². The Balaban J connectivity index is 2.12. The standard InChI is InChI=1S/C14H19NO/c1-3-4-7-10-15-11(2)12-8-5-6-9-13(12)14(15)16/h5-6,8-9,11H,3-4,7,10H2,1-2H3. The molecule has 0 radical (unpaired) electrons. The maximum Gasteiger partial charge on any atom is 0.254 e. The summed E-state index contributed by atoms with van der Waals surface area (Å²) < 4.78 is 0. The molecule has 0 bridgehead atoms. The van der Waals surface area contributed by atoms with Crippen molar-refractivity contribution in [2.24, 2.45) is 0 Å². The first-order valence-electron chi connectivity index (χ1n) is 6.15. The molecular formula is C14H19NO. The summed E-state index contributed by atoms with van der Waals surface area (Å²) in [5.74, 6) is 0.208. The molecule has 1 amide bonds. The van der Waals surface area contributed by atoms with E-state index in [0.717, 1.165) is 18.5 Å². The Hall–Kier alpha value is -1.31. The average molecular weight is 217 g/mol. The van der Waals surface area contributed by atoms with Gasteiger partial charge in [-0.2, -0.15) is 0 Å². The molecule has 1 aliphatic heterocycles. The van der Waals surface area contributed by atoms with Gasteiger partial charge in [0.25, 0.3) is 5.91 Å². The Morgan fingerprint density at radius 2 is 2.00 bits per heavy atom. The van der Waals surface area contributed by atoms with Gasteiger partial charge in [0.1, 0.15) is 0 Å². The highest BCUT2D eigenvalue weighted by Crippen LogP contribution is 2.32. The van der Waals surface area contributed by atoms with Crippen molar-refractivity contribution in [3.63, 3.8) is 0 Å². The van der Waals surface area contributed by atoms with Crippen molar-refractivity contribution in [1.82, 2.24) is 4.90 Å². The zero-order valence-electron chi connectivity index (χ0n) is 10.1. The van der Waals surface area contributed by atoms with E-state index in [1.165, 1.54) is 18.4 Å². The lowest BCUT2D eigenvalue weighted by Crippen LogP contribution is -2.27. The van der Waals surface area contributed by atoms with Crippen LogP contribution in [0.25, 0.3) is 0 Å². The third-order valence-electron chi connectivity index (χ3n) is 3.37. The monoisotopic (exact) mass is 217 g/mol. The van der Waals surface area contributed by atoms with Gasteiger partial charge in [0.05, 0.1) is 6.04 Å². The van der Waals surface area contributed by atoms with Crippen molar-refractivity contribution in [2.45, 2.75) is 39.2 Å². The number of nitrogens with zero attached hydrogens (tertiary/aromatic N) is 1. The number of benzene rings is 1. The minimum absolute atomic E-state index is 0.208. The molecule has 1 aliphatic rings. The van der Waals surface area contributed by atoms with Gasteiger partial charge in [-0.3, -0.25) is 4.79 Å². The second-order valence-electron chi connectivity index (χ2n) is 4.47. The fourth-order valence-corrected chi connectivity index (χ4v) is 2.38. The summed E-state index contributed by atoms with van der Waals surface area (Å²) in [5.41, 5.74) is 2.08. The van der Waals surface area contributed by atoms with Gasteiger partial charge in [-0.1, -0.05) is 38.0 Å². The summed E-state index contributed by atoms with van der Waals surface area (Å²) in [4.78, 5) is 14.1. The molecule has 0 aromatic heterocycles. The number of hydrogen-bond donors (Lipinski definition) is 0. The van der Waals surface area contributed by atoms with Gasteiger partial charge in [-0.05, 0) is 25.0 Å². The fourth-order valence-electron chi connectivity index (χ4n) is 2.38. The number of unbranched alkanes of at least 4 members (excludes halogenated alkanes) is 2. The predicted molar refractivity (Wildman–Crippen MR) is 65.4 cm³/mol. The van der Waals surface area contributed by atoms with E-state index in [1.807, 2.05) is 23.1 Å². The van der Waals surface area contributed by atoms with Gasteiger partial charge in [-0.25, -0.2) is 0 Å². The lowest BCUT2D eigenvalue weighted by molar-refractivity contribution is 0.0734. The predicted octanol–water partition coefficient (Wildman–Crippen LogP) is 3.39. The van der Waals surface area contributed by atoms with Gasteiger partial charge in [-0.15, -0.1) is 0 Å². The molecule has 86 valence electrons. The smallest absolute Gasteiger partial charge is 0.254 e. The van der Waals surface area contributed by atoms with Crippen LogP contribution in [0.15, 0.2) is 24.3 Å². The molecule has 0 saturated carbocycles. The third kappa shape index (κ3) is 1.84. The lowest BCUT2D eigenvalue weighted by Gasteiger charge is -2.21. The van der Waals surface area contributed by atoms with E-state index in [0.29, 0.717) is 0 Å². The van der Waals surface area contributed by atoms with Gasteiger partial charge in [0.15, 0.2) is 0 Å². The highest BCUT2D eigenvalue weighted by Gasteiger charge is 2.32. The molecule has 2 rings (SSSR count). The number of carbonyl (C=O) groups is 1. The SMILES string of the molecule is CCCCCN1C(=O)c2ccccc2C1C. The zero-order valence-corrected chi connectivity index (χ0v) is 10.1. The molecule has 2 heteroatoms. The Morgan fingerprint density at radius 1 is 1.25 bits per heavy atom. The fraction of sp³-hybridized carbons (Fsp3) is 0.500. The Labute approximate surface area is 97.3 Å². The maximum atomic E-state index is 12.1. The van der Waals surface area contributed by atoms with Crippen LogP contribution < -0.4 is 0 Å². The molecular weight excluding hydrogens is 198 g/mol. The van der Waals surface area contributed by atoms with Gasteiger partial charge >= 0.3 is 0 Å². The molecule has 1 unspecified atom stereocenters. The number of amides is 1. The van der Waals surface area contributed by atoms with E-state index in [-0.39, 0.29) is 11.9 Å². The second-order valence-corrected chi connectivity index (χ2v) is 4.47. The summed E-state index contributed by atoms with van der Waals surface area (Å²) in [7, 11) is 0. The molecule has 1 atom stereocenters. The van der Waals surface area contributed by atoms with E-state index in [4.69, 9.17) is 0 Å². The zero-order chi connectivity index (χ0) is 11.5. The van der Waals surface area contributed by atoms with Crippen molar-refractivity contribution in [3.8, 4) is 0 Å². The molecule has 1 aromatic rings. The quantitative estimate of drug-likeness (QED) is 0.708. The van der Waals surface area contributed by atoms with E-state index < -0.39 is 0 Å². The largest absolute Gasteiger partial charge is 0.332 e. The average Bonchev–Trinajstić information content (AvgIpc) is 2.55. The summed E-state index contributed by atoms with van der Waals surface area (Å²) in [5, 5.41) is 0. The van der Waals surface area contributed by atoms with E-state index in [9.17, 15) is 4.79 Å². The number of rotatable bonds is 4. The van der Waals surface area contributed by atoms with Crippen LogP contribution in [-0.2, 0) is 0 Å². The van der Waals surface area contributed by atoms with Crippen LogP contribution in [0.1, 0.15) is 55.1 Å². The molecule has 1 heterocycles. The molecule has 1 aromatic carbocycles. The Kier molecular flexibility index (Phi) is 3.28. The first-order chi connectivity index (χ1) is 7.75.